The van der Waals surface area contributed by atoms with Crippen LogP contribution in [-0.4, -0.2) is 73.7 Å². The Labute approximate surface area is 199 Å². The highest BCUT2D eigenvalue weighted by Gasteiger charge is 2.28. The van der Waals surface area contributed by atoms with Gasteiger partial charge in [-0.3, -0.25) is 4.79 Å². The normalized spacial score (nSPS) is 17.7. The Balaban J connectivity index is 1.28. The van der Waals surface area contributed by atoms with E-state index in [2.05, 4.69) is 5.32 Å². The Hall–Kier alpha value is -2.43. The Morgan fingerprint density at radius 1 is 0.939 bits per heavy atom. The van der Waals surface area contributed by atoms with Crippen LogP contribution in [0.3, 0.4) is 0 Å². The number of carbonyl (C=O) groups excluding carboxylic acids is 2. The van der Waals surface area contributed by atoms with Gasteiger partial charge in [-0.2, -0.15) is 4.31 Å². The van der Waals surface area contributed by atoms with Crippen LogP contribution in [0.5, 0.6) is 0 Å². The van der Waals surface area contributed by atoms with Crippen LogP contribution in [0.1, 0.15) is 29.7 Å². The molecule has 0 unspecified atom stereocenters. The van der Waals surface area contributed by atoms with Gasteiger partial charge >= 0.3 is 6.03 Å². The van der Waals surface area contributed by atoms with Gasteiger partial charge in [0.2, 0.25) is 5.91 Å². The molecule has 0 spiro atoms. The second kappa shape index (κ2) is 10.2. The number of sulfonamides is 1. The van der Waals surface area contributed by atoms with Gasteiger partial charge in [-0.25, -0.2) is 13.2 Å². The van der Waals surface area contributed by atoms with E-state index in [0.29, 0.717) is 43.5 Å². The lowest BCUT2D eigenvalue weighted by Gasteiger charge is -2.34. The van der Waals surface area contributed by atoms with Gasteiger partial charge < -0.3 is 15.1 Å². The molecule has 1 aromatic carbocycles. The SMILES string of the molecule is Cc1cccc(NC(=O)N2CCN(C(=O)Cc3ccc(S(=O)(=O)N4CCCCC4)s3)CC2)c1. The summed E-state index contributed by atoms with van der Waals surface area (Å²) in [5.74, 6) is -0.0440. The second-order valence-corrected chi connectivity index (χ2v) is 11.9. The molecule has 2 aliphatic heterocycles. The summed E-state index contributed by atoms with van der Waals surface area (Å²) in [5.41, 5.74) is 1.83. The molecule has 2 aromatic rings. The van der Waals surface area contributed by atoms with E-state index in [9.17, 15) is 18.0 Å². The molecule has 178 valence electrons. The number of hydrogen-bond acceptors (Lipinski definition) is 5. The van der Waals surface area contributed by atoms with Gasteiger partial charge in [-0.1, -0.05) is 18.6 Å². The first-order valence-electron chi connectivity index (χ1n) is 11.3. The first-order valence-corrected chi connectivity index (χ1v) is 13.6. The maximum Gasteiger partial charge on any atom is 0.321 e. The molecule has 0 bridgehead atoms. The minimum absolute atomic E-state index is 0.0440. The van der Waals surface area contributed by atoms with Crippen LogP contribution in [-0.2, 0) is 21.2 Å². The quantitative estimate of drug-likeness (QED) is 0.697. The molecule has 1 N–H and O–H groups in total. The Bertz CT molecular complexity index is 1100. The van der Waals surface area contributed by atoms with Gasteiger partial charge in [0.15, 0.2) is 0 Å². The van der Waals surface area contributed by atoms with Crippen LogP contribution in [0.2, 0.25) is 0 Å². The van der Waals surface area contributed by atoms with Crippen molar-refractivity contribution in [2.75, 3.05) is 44.6 Å². The van der Waals surface area contributed by atoms with Crippen LogP contribution in [0.15, 0.2) is 40.6 Å². The monoisotopic (exact) mass is 490 g/mol. The van der Waals surface area contributed by atoms with E-state index in [4.69, 9.17) is 0 Å². The number of nitrogens with zero attached hydrogens (tertiary/aromatic N) is 3. The molecule has 0 radical (unpaired) electrons. The van der Waals surface area contributed by atoms with Gasteiger partial charge in [0.05, 0.1) is 6.42 Å². The van der Waals surface area contributed by atoms with Crippen molar-refractivity contribution in [1.82, 2.24) is 14.1 Å². The maximum absolute atomic E-state index is 12.8. The van der Waals surface area contributed by atoms with Crippen molar-refractivity contribution >= 4 is 39.0 Å². The molecular formula is C23H30N4O4S2. The summed E-state index contributed by atoms with van der Waals surface area (Å²) in [5, 5.41) is 2.90. The lowest BCUT2D eigenvalue weighted by atomic mass is 10.2. The van der Waals surface area contributed by atoms with E-state index in [1.165, 1.54) is 11.3 Å². The number of piperidine rings is 1. The molecule has 8 nitrogen and oxygen atoms in total. The van der Waals surface area contributed by atoms with E-state index in [1.54, 1.807) is 26.2 Å². The number of urea groups is 1. The Morgan fingerprint density at radius 3 is 2.33 bits per heavy atom. The third kappa shape index (κ3) is 5.74. The van der Waals surface area contributed by atoms with Gasteiger partial charge in [0.1, 0.15) is 4.21 Å². The van der Waals surface area contributed by atoms with Gasteiger partial charge in [-0.05, 0) is 49.6 Å². The van der Waals surface area contributed by atoms with Gasteiger partial charge in [-0.15, -0.1) is 11.3 Å². The topological polar surface area (TPSA) is 90.0 Å². The summed E-state index contributed by atoms with van der Waals surface area (Å²) in [7, 11) is -3.47. The highest BCUT2D eigenvalue weighted by molar-refractivity contribution is 7.91. The number of amides is 3. The molecule has 0 saturated carbocycles. The van der Waals surface area contributed by atoms with Crippen LogP contribution < -0.4 is 5.32 Å². The van der Waals surface area contributed by atoms with Crippen LogP contribution >= 0.6 is 11.3 Å². The van der Waals surface area contributed by atoms with E-state index in [-0.39, 0.29) is 18.4 Å². The van der Waals surface area contributed by atoms with Gasteiger partial charge in [0.25, 0.3) is 10.0 Å². The Kier molecular flexibility index (Phi) is 7.35. The summed E-state index contributed by atoms with van der Waals surface area (Å²) in [6.45, 7) is 4.95. The molecule has 1 aromatic heterocycles. The highest BCUT2D eigenvalue weighted by atomic mass is 32.2. The van der Waals surface area contributed by atoms with Crippen LogP contribution in [0.25, 0.3) is 0 Å². The zero-order chi connectivity index (χ0) is 23.4. The lowest BCUT2D eigenvalue weighted by Crippen LogP contribution is -2.52. The number of piperazine rings is 1. The third-order valence-corrected chi connectivity index (χ3v) is 9.51. The minimum atomic E-state index is -3.47. The number of aryl methyl sites for hydroxylation is 1. The molecule has 2 saturated heterocycles. The third-order valence-electron chi connectivity index (χ3n) is 6.06. The summed E-state index contributed by atoms with van der Waals surface area (Å²) in [6.07, 6.45) is 3.03. The molecule has 33 heavy (non-hydrogen) atoms. The molecule has 2 fully saturated rings. The summed E-state index contributed by atoms with van der Waals surface area (Å²) in [4.78, 5) is 29.5. The fourth-order valence-electron chi connectivity index (χ4n) is 4.17. The van der Waals surface area contributed by atoms with Crippen molar-refractivity contribution < 1.29 is 18.0 Å². The van der Waals surface area contributed by atoms with Crippen molar-refractivity contribution in [3.63, 3.8) is 0 Å². The summed E-state index contributed by atoms with van der Waals surface area (Å²) in [6, 6.07) is 10.8. The number of carbonyl (C=O) groups is 2. The fourth-order valence-corrected chi connectivity index (χ4v) is 7.19. The molecule has 3 heterocycles. The van der Waals surface area contributed by atoms with Gasteiger partial charge in [0, 0.05) is 49.8 Å². The van der Waals surface area contributed by atoms with Crippen molar-refractivity contribution in [2.45, 2.75) is 36.8 Å². The largest absolute Gasteiger partial charge is 0.339 e. The molecule has 4 rings (SSSR count). The maximum atomic E-state index is 12.8. The number of nitrogens with one attached hydrogen (secondary N) is 1. The van der Waals surface area contributed by atoms with E-state index in [1.807, 2.05) is 31.2 Å². The predicted octanol–water partition coefficient (Wildman–Crippen LogP) is 3.15. The number of benzene rings is 1. The number of thiophene rings is 1. The summed E-state index contributed by atoms with van der Waals surface area (Å²) < 4.78 is 27.5. The van der Waals surface area contributed by atoms with Crippen LogP contribution in [0.4, 0.5) is 10.5 Å². The first-order chi connectivity index (χ1) is 15.8. The van der Waals surface area contributed by atoms with E-state index >= 15 is 0 Å². The number of rotatable bonds is 5. The standard InChI is InChI=1S/C23H30N4O4S2/c1-18-6-5-7-19(16-18)24-23(29)26-14-12-25(13-15-26)21(28)17-20-8-9-22(32-20)33(30,31)27-10-3-2-4-11-27/h5-9,16H,2-4,10-15,17H2,1H3,(H,24,29). The fraction of sp³-hybridized carbons (Fsp3) is 0.478. The van der Waals surface area contributed by atoms with E-state index in [0.717, 1.165) is 35.4 Å². The summed E-state index contributed by atoms with van der Waals surface area (Å²) >= 11 is 1.18. The highest BCUT2D eigenvalue weighted by Crippen LogP contribution is 2.27. The first kappa shape index (κ1) is 23.7. The molecule has 0 atom stereocenters. The second-order valence-electron chi connectivity index (χ2n) is 8.53. The average Bonchev–Trinajstić information content (AvgIpc) is 3.29. The van der Waals surface area contributed by atoms with Crippen LogP contribution in [0, 0.1) is 6.92 Å². The van der Waals surface area contributed by atoms with Crippen molar-refractivity contribution in [1.29, 1.82) is 0 Å². The Morgan fingerprint density at radius 2 is 1.64 bits per heavy atom. The molecular weight excluding hydrogens is 460 g/mol. The molecule has 3 amide bonds. The average molecular weight is 491 g/mol. The smallest absolute Gasteiger partial charge is 0.321 e. The lowest BCUT2D eigenvalue weighted by molar-refractivity contribution is -0.131. The molecule has 0 aliphatic carbocycles. The number of hydrogen-bond donors (Lipinski definition) is 1. The zero-order valence-electron chi connectivity index (χ0n) is 18.8. The minimum Gasteiger partial charge on any atom is -0.339 e. The van der Waals surface area contributed by atoms with Crippen molar-refractivity contribution in [3.8, 4) is 0 Å². The zero-order valence-corrected chi connectivity index (χ0v) is 20.5. The predicted molar refractivity (Wildman–Crippen MR) is 129 cm³/mol. The van der Waals surface area contributed by atoms with E-state index < -0.39 is 10.0 Å². The van der Waals surface area contributed by atoms with Crippen molar-refractivity contribution in [2.24, 2.45) is 0 Å². The van der Waals surface area contributed by atoms with Crippen molar-refractivity contribution in [3.05, 3.63) is 46.8 Å². The molecule has 10 heteroatoms. The molecule has 2 aliphatic rings. The number of anilines is 1.